The molecule has 0 fully saturated rings. The van der Waals surface area contributed by atoms with Gasteiger partial charge in [0.05, 0.1) is 18.4 Å². The molecule has 2 heterocycles. The summed E-state index contributed by atoms with van der Waals surface area (Å²) in [5.41, 5.74) is 4.89. The smallest absolute Gasteiger partial charge is 0.336 e. The Hall–Kier alpha value is -3.41. The number of unbranched alkanes of at least 4 members (excludes halogenated alkanes) is 1. The van der Waals surface area contributed by atoms with Gasteiger partial charge in [0, 0.05) is 13.5 Å². The largest absolute Gasteiger partial charge is 0.478 e. The minimum atomic E-state index is -0.915. The molecule has 2 aromatic heterocycles. The summed E-state index contributed by atoms with van der Waals surface area (Å²) < 4.78 is 4.24. The second-order valence-corrected chi connectivity index (χ2v) is 7.27. The van der Waals surface area contributed by atoms with Crippen LogP contribution in [0.3, 0.4) is 0 Å². The predicted molar refractivity (Wildman–Crippen MR) is 113 cm³/mol. The highest BCUT2D eigenvalue weighted by Gasteiger charge is 2.15. The maximum absolute atomic E-state index is 11.5. The first kappa shape index (κ1) is 18.9. The number of aromatic nitrogens is 4. The van der Waals surface area contributed by atoms with E-state index in [9.17, 15) is 9.90 Å². The van der Waals surface area contributed by atoms with Gasteiger partial charge in [-0.3, -0.25) is 0 Å². The van der Waals surface area contributed by atoms with E-state index in [4.69, 9.17) is 4.98 Å². The van der Waals surface area contributed by atoms with Gasteiger partial charge in [-0.25, -0.2) is 14.8 Å². The number of benzene rings is 2. The van der Waals surface area contributed by atoms with Crippen LogP contribution in [0.1, 0.15) is 41.5 Å². The molecule has 6 heteroatoms. The average Bonchev–Trinajstić information content (AvgIpc) is 3.26. The van der Waals surface area contributed by atoms with E-state index in [0.29, 0.717) is 12.1 Å². The fraction of sp³-hybridized carbons (Fsp3) is 0.261. The summed E-state index contributed by atoms with van der Waals surface area (Å²) in [4.78, 5) is 20.6. The highest BCUT2D eigenvalue weighted by Crippen LogP contribution is 2.25. The van der Waals surface area contributed by atoms with E-state index in [0.717, 1.165) is 53.1 Å². The van der Waals surface area contributed by atoms with E-state index in [1.54, 1.807) is 18.5 Å². The van der Waals surface area contributed by atoms with Gasteiger partial charge >= 0.3 is 5.97 Å². The summed E-state index contributed by atoms with van der Waals surface area (Å²) in [7, 11) is 1.99. The van der Waals surface area contributed by atoms with Crippen molar-refractivity contribution >= 4 is 17.3 Å². The van der Waals surface area contributed by atoms with Crippen molar-refractivity contribution in [2.24, 2.45) is 7.05 Å². The number of fused-ring (bicyclic) bond motifs is 1. The first-order valence-corrected chi connectivity index (χ1v) is 9.86. The topological polar surface area (TPSA) is 72.9 Å². The minimum absolute atomic E-state index is 0.313. The van der Waals surface area contributed by atoms with Crippen LogP contribution in [0.2, 0.25) is 0 Å². The SMILES string of the molecule is CCCCc1nc2ncn(C)c2n1Cc1ccc(-c2ccccc2C(=O)O)cc1. The molecule has 4 aromatic rings. The van der Waals surface area contributed by atoms with Crippen LogP contribution in [0.4, 0.5) is 0 Å². The van der Waals surface area contributed by atoms with Gasteiger partial charge in [-0.2, -0.15) is 0 Å². The third-order valence-electron chi connectivity index (χ3n) is 5.21. The maximum Gasteiger partial charge on any atom is 0.336 e. The molecule has 2 aromatic carbocycles. The number of hydrogen-bond acceptors (Lipinski definition) is 3. The van der Waals surface area contributed by atoms with Crippen LogP contribution >= 0.6 is 0 Å². The Morgan fingerprint density at radius 1 is 1.10 bits per heavy atom. The van der Waals surface area contributed by atoms with Crippen molar-refractivity contribution in [2.45, 2.75) is 32.7 Å². The van der Waals surface area contributed by atoms with Gasteiger partial charge in [0.2, 0.25) is 0 Å². The number of aromatic carboxylic acids is 1. The van der Waals surface area contributed by atoms with Crippen LogP contribution in [0.15, 0.2) is 54.9 Å². The van der Waals surface area contributed by atoms with Gasteiger partial charge in [0.25, 0.3) is 0 Å². The molecule has 0 saturated carbocycles. The van der Waals surface area contributed by atoms with Gasteiger partial charge < -0.3 is 14.2 Å². The lowest BCUT2D eigenvalue weighted by Gasteiger charge is -2.11. The fourth-order valence-corrected chi connectivity index (χ4v) is 3.69. The van der Waals surface area contributed by atoms with Crippen molar-refractivity contribution in [3.8, 4) is 11.1 Å². The van der Waals surface area contributed by atoms with Gasteiger partial charge in [-0.15, -0.1) is 0 Å². The summed E-state index contributed by atoms with van der Waals surface area (Å²) >= 11 is 0. The first-order chi connectivity index (χ1) is 14.1. The second kappa shape index (κ2) is 7.91. The summed E-state index contributed by atoms with van der Waals surface area (Å²) in [5.74, 6) is 0.142. The number of rotatable bonds is 7. The summed E-state index contributed by atoms with van der Waals surface area (Å²) in [5, 5.41) is 9.44. The highest BCUT2D eigenvalue weighted by atomic mass is 16.4. The maximum atomic E-state index is 11.5. The number of nitrogens with zero attached hydrogens (tertiary/aromatic N) is 4. The van der Waals surface area contributed by atoms with Crippen molar-refractivity contribution in [1.82, 2.24) is 19.1 Å². The normalized spacial score (nSPS) is 11.2. The number of carbonyl (C=O) groups is 1. The molecule has 6 nitrogen and oxygen atoms in total. The zero-order valence-electron chi connectivity index (χ0n) is 16.7. The number of hydrogen-bond donors (Lipinski definition) is 1. The fourth-order valence-electron chi connectivity index (χ4n) is 3.69. The lowest BCUT2D eigenvalue weighted by Crippen LogP contribution is -2.08. The number of carboxylic acid groups (broad SMARTS) is 1. The second-order valence-electron chi connectivity index (χ2n) is 7.27. The Balaban J connectivity index is 1.66. The van der Waals surface area contributed by atoms with Crippen LogP contribution in [-0.4, -0.2) is 30.2 Å². The molecular formula is C23H24N4O2. The molecule has 0 unspecified atom stereocenters. The van der Waals surface area contributed by atoms with Gasteiger partial charge in [-0.1, -0.05) is 55.8 Å². The lowest BCUT2D eigenvalue weighted by atomic mass is 9.99. The molecule has 0 bridgehead atoms. The molecule has 0 radical (unpaired) electrons. The number of imidazole rings is 2. The van der Waals surface area contributed by atoms with Crippen molar-refractivity contribution in [1.29, 1.82) is 0 Å². The average molecular weight is 388 g/mol. The van der Waals surface area contributed by atoms with Crippen LogP contribution in [0.5, 0.6) is 0 Å². The molecule has 0 saturated heterocycles. The third kappa shape index (κ3) is 3.66. The van der Waals surface area contributed by atoms with Crippen LogP contribution in [0.25, 0.3) is 22.4 Å². The molecule has 29 heavy (non-hydrogen) atoms. The molecule has 0 aliphatic carbocycles. The summed E-state index contributed by atoms with van der Waals surface area (Å²) in [6.45, 7) is 2.88. The van der Waals surface area contributed by atoms with Gasteiger partial charge in [0.15, 0.2) is 11.3 Å². The van der Waals surface area contributed by atoms with Gasteiger partial charge in [0.1, 0.15) is 5.82 Å². The zero-order chi connectivity index (χ0) is 20.4. The Morgan fingerprint density at radius 2 is 1.86 bits per heavy atom. The summed E-state index contributed by atoms with van der Waals surface area (Å²) in [6.07, 6.45) is 4.93. The highest BCUT2D eigenvalue weighted by molar-refractivity contribution is 5.96. The molecule has 4 rings (SSSR count). The monoisotopic (exact) mass is 388 g/mol. The van der Waals surface area contributed by atoms with Gasteiger partial charge in [-0.05, 0) is 29.2 Å². The lowest BCUT2D eigenvalue weighted by molar-refractivity contribution is 0.0697. The third-order valence-corrected chi connectivity index (χ3v) is 5.21. The molecule has 0 spiro atoms. The van der Waals surface area contributed by atoms with Crippen molar-refractivity contribution < 1.29 is 9.90 Å². The minimum Gasteiger partial charge on any atom is -0.478 e. The molecule has 0 aliphatic rings. The number of aryl methyl sites for hydroxylation is 2. The van der Waals surface area contributed by atoms with E-state index in [1.807, 2.05) is 35.9 Å². The van der Waals surface area contributed by atoms with E-state index in [1.165, 1.54) is 0 Å². The molecule has 0 amide bonds. The quantitative estimate of drug-likeness (QED) is 0.505. The van der Waals surface area contributed by atoms with Crippen LogP contribution in [-0.2, 0) is 20.0 Å². The first-order valence-electron chi connectivity index (χ1n) is 9.86. The van der Waals surface area contributed by atoms with Crippen molar-refractivity contribution in [2.75, 3.05) is 0 Å². The Morgan fingerprint density at radius 3 is 2.59 bits per heavy atom. The van der Waals surface area contributed by atoms with E-state index in [2.05, 4.69) is 28.6 Å². The number of carboxylic acids is 1. The van der Waals surface area contributed by atoms with E-state index in [-0.39, 0.29) is 0 Å². The Bertz CT molecular complexity index is 1160. The molecule has 148 valence electrons. The summed E-state index contributed by atoms with van der Waals surface area (Å²) in [6, 6.07) is 15.2. The van der Waals surface area contributed by atoms with E-state index < -0.39 is 5.97 Å². The predicted octanol–water partition coefficient (Wildman–Crippen LogP) is 4.53. The van der Waals surface area contributed by atoms with Crippen molar-refractivity contribution in [3.63, 3.8) is 0 Å². The molecule has 0 aliphatic heterocycles. The van der Waals surface area contributed by atoms with Crippen LogP contribution in [0, 0.1) is 0 Å². The molecular weight excluding hydrogens is 364 g/mol. The van der Waals surface area contributed by atoms with Crippen molar-refractivity contribution in [3.05, 3.63) is 71.8 Å². The van der Waals surface area contributed by atoms with E-state index >= 15 is 0 Å². The Labute approximate surface area is 169 Å². The Kier molecular flexibility index (Phi) is 5.16. The van der Waals surface area contributed by atoms with Crippen LogP contribution < -0.4 is 0 Å². The zero-order valence-corrected chi connectivity index (χ0v) is 16.7. The molecule has 1 N–H and O–H groups in total. The molecule has 0 atom stereocenters. The standard InChI is InChI=1S/C23H24N4O2/c1-3-4-9-20-25-21-22(26(2)15-24-21)27(20)14-16-10-12-17(13-11-16)18-7-5-6-8-19(18)23(28)29/h5-8,10-13,15H,3-4,9,14H2,1-2H3,(H,28,29).